The van der Waals surface area contributed by atoms with Crippen LogP contribution in [0, 0.1) is 0 Å². The lowest BCUT2D eigenvalue weighted by molar-refractivity contribution is -0.152. The number of carbonyl (C=O) groups excluding carboxylic acids is 2. The molecule has 30 heavy (non-hydrogen) atoms. The molecule has 0 fully saturated rings. The van der Waals surface area contributed by atoms with Crippen molar-refractivity contribution >= 4 is 22.1 Å². The molecule has 0 amide bonds. The Kier molecular flexibility index (Phi) is 9.01. The highest BCUT2D eigenvalue weighted by molar-refractivity contribution is 7.86. The van der Waals surface area contributed by atoms with E-state index in [1.165, 1.54) is 25.3 Å². The van der Waals surface area contributed by atoms with Crippen LogP contribution >= 0.6 is 0 Å². The highest BCUT2D eigenvalue weighted by Gasteiger charge is 2.29. The minimum atomic E-state index is -4.30. The molecule has 8 heteroatoms. The lowest BCUT2D eigenvalue weighted by atomic mass is 10.1. The molecule has 0 radical (unpaired) electrons. The summed E-state index contributed by atoms with van der Waals surface area (Å²) in [5.41, 5.74) is 1.14. The molecule has 7 nitrogen and oxygen atoms in total. The number of methoxy groups -OCH3 is 1. The molecular formula is C22H26O7S. The maximum absolute atomic E-state index is 12.7. The Morgan fingerprint density at radius 1 is 1.03 bits per heavy atom. The largest absolute Gasteiger partial charge is 0.465 e. The van der Waals surface area contributed by atoms with Crippen molar-refractivity contribution in [1.82, 2.24) is 0 Å². The molecule has 0 aliphatic heterocycles. The Hall–Kier alpha value is -2.71. The van der Waals surface area contributed by atoms with Crippen LogP contribution in [0.1, 0.15) is 42.1 Å². The van der Waals surface area contributed by atoms with Gasteiger partial charge in [0.25, 0.3) is 10.1 Å². The molecule has 162 valence electrons. The van der Waals surface area contributed by atoms with Crippen molar-refractivity contribution in [3.05, 3.63) is 65.7 Å². The maximum Gasteiger partial charge on any atom is 0.337 e. The first kappa shape index (κ1) is 23.6. The van der Waals surface area contributed by atoms with E-state index < -0.39 is 28.2 Å². The van der Waals surface area contributed by atoms with Crippen LogP contribution in [0.4, 0.5) is 0 Å². The fourth-order valence-corrected chi connectivity index (χ4v) is 3.85. The molecule has 0 aromatic heterocycles. The van der Waals surface area contributed by atoms with Gasteiger partial charge in [0.2, 0.25) is 0 Å². The molecule has 0 spiro atoms. The van der Waals surface area contributed by atoms with Gasteiger partial charge < -0.3 is 9.47 Å². The third kappa shape index (κ3) is 6.96. The number of aryl methyl sites for hydroxylation is 1. The molecule has 0 unspecified atom stereocenters. The van der Waals surface area contributed by atoms with E-state index in [-0.39, 0.29) is 23.5 Å². The van der Waals surface area contributed by atoms with Crippen LogP contribution in [-0.2, 0) is 35.0 Å². The predicted molar refractivity (Wildman–Crippen MR) is 110 cm³/mol. The van der Waals surface area contributed by atoms with E-state index >= 15 is 0 Å². The standard InChI is InChI=1S/C22H26O7S/c1-3-15-28-22(24)20(14-7-11-17-9-5-4-6-10-17)29-30(25,26)19-13-8-12-18(16-19)21(23)27-2/h4-6,8-10,12-13,16,20H,3,7,11,14-15H2,1-2H3/t20-/m1/s1. The number of carbonyl (C=O) groups is 2. The van der Waals surface area contributed by atoms with E-state index in [1.54, 1.807) is 0 Å². The number of hydrogen-bond donors (Lipinski definition) is 0. The van der Waals surface area contributed by atoms with Gasteiger partial charge in [0.1, 0.15) is 0 Å². The second-order valence-electron chi connectivity index (χ2n) is 6.60. The summed E-state index contributed by atoms with van der Waals surface area (Å²) in [7, 11) is -3.10. The van der Waals surface area contributed by atoms with Crippen LogP contribution in [-0.4, -0.2) is 40.2 Å². The summed E-state index contributed by atoms with van der Waals surface area (Å²) in [5, 5.41) is 0. The minimum Gasteiger partial charge on any atom is -0.465 e. The summed E-state index contributed by atoms with van der Waals surface area (Å²) in [4.78, 5) is 23.8. The van der Waals surface area contributed by atoms with Crippen molar-refractivity contribution in [2.45, 2.75) is 43.6 Å². The quantitative estimate of drug-likeness (QED) is 0.394. The number of benzene rings is 2. The lowest BCUT2D eigenvalue weighted by Gasteiger charge is -2.17. The molecule has 0 N–H and O–H groups in total. The molecule has 0 aliphatic carbocycles. The van der Waals surface area contributed by atoms with Gasteiger partial charge in [-0.3, -0.25) is 4.18 Å². The molecule has 0 heterocycles. The fourth-order valence-electron chi connectivity index (χ4n) is 2.74. The highest BCUT2D eigenvalue weighted by Crippen LogP contribution is 2.20. The maximum atomic E-state index is 12.7. The first-order chi connectivity index (χ1) is 14.4. The molecular weight excluding hydrogens is 408 g/mol. The third-order valence-corrected chi connectivity index (χ3v) is 5.59. The molecule has 0 saturated heterocycles. The molecule has 0 saturated carbocycles. The predicted octanol–water partition coefficient (Wildman–Crippen LogP) is 3.52. The number of hydrogen-bond acceptors (Lipinski definition) is 7. The number of rotatable bonds is 11. The summed E-state index contributed by atoms with van der Waals surface area (Å²) in [5.74, 6) is -1.40. The van der Waals surface area contributed by atoms with Crippen LogP contribution in [0.25, 0.3) is 0 Å². The summed E-state index contributed by atoms with van der Waals surface area (Å²) in [6, 6.07) is 14.9. The summed E-state index contributed by atoms with van der Waals surface area (Å²) in [6.07, 6.45) is 0.712. The minimum absolute atomic E-state index is 0.0661. The van der Waals surface area contributed by atoms with Crippen molar-refractivity contribution in [2.24, 2.45) is 0 Å². The zero-order valence-electron chi connectivity index (χ0n) is 17.1. The van der Waals surface area contributed by atoms with Crippen LogP contribution in [0.2, 0.25) is 0 Å². The van der Waals surface area contributed by atoms with Gasteiger partial charge in [-0.2, -0.15) is 8.42 Å². The topological polar surface area (TPSA) is 96.0 Å². The van der Waals surface area contributed by atoms with Crippen molar-refractivity contribution in [3.63, 3.8) is 0 Å². The van der Waals surface area contributed by atoms with Crippen molar-refractivity contribution < 1.29 is 31.7 Å². The normalized spacial score (nSPS) is 12.2. The third-order valence-electron chi connectivity index (χ3n) is 4.27. The van der Waals surface area contributed by atoms with Gasteiger partial charge >= 0.3 is 11.9 Å². The molecule has 2 aromatic rings. The van der Waals surface area contributed by atoms with E-state index in [0.29, 0.717) is 19.3 Å². The van der Waals surface area contributed by atoms with Gasteiger partial charge in [-0.1, -0.05) is 43.3 Å². The van der Waals surface area contributed by atoms with Crippen molar-refractivity contribution in [2.75, 3.05) is 13.7 Å². The Balaban J connectivity index is 2.14. The average molecular weight is 435 g/mol. The average Bonchev–Trinajstić information content (AvgIpc) is 2.77. The lowest BCUT2D eigenvalue weighted by Crippen LogP contribution is -2.30. The number of ether oxygens (including phenoxy) is 2. The zero-order valence-corrected chi connectivity index (χ0v) is 17.9. The van der Waals surface area contributed by atoms with E-state index in [9.17, 15) is 18.0 Å². The summed E-state index contributed by atoms with van der Waals surface area (Å²) in [6.45, 7) is 2.02. The van der Waals surface area contributed by atoms with E-state index in [0.717, 1.165) is 11.6 Å². The van der Waals surface area contributed by atoms with Crippen LogP contribution in [0.3, 0.4) is 0 Å². The van der Waals surface area contributed by atoms with Gasteiger partial charge in [-0.15, -0.1) is 0 Å². The van der Waals surface area contributed by atoms with Gasteiger partial charge in [0.05, 0.1) is 24.2 Å². The van der Waals surface area contributed by atoms with Crippen LogP contribution in [0.15, 0.2) is 59.5 Å². The second kappa shape index (κ2) is 11.5. The Labute approximate surface area is 177 Å². The van der Waals surface area contributed by atoms with Crippen LogP contribution in [0.5, 0.6) is 0 Å². The molecule has 2 aromatic carbocycles. The molecule has 2 rings (SSSR count). The molecule has 0 aliphatic rings. The second-order valence-corrected chi connectivity index (χ2v) is 8.18. The summed E-state index contributed by atoms with van der Waals surface area (Å²) >= 11 is 0. The van der Waals surface area contributed by atoms with E-state index in [4.69, 9.17) is 8.92 Å². The fraction of sp³-hybridized carbons (Fsp3) is 0.364. The molecule has 1 atom stereocenters. The van der Waals surface area contributed by atoms with Gasteiger partial charge in [0.15, 0.2) is 6.10 Å². The Bertz CT molecular complexity index is 939. The van der Waals surface area contributed by atoms with E-state index in [2.05, 4.69) is 4.74 Å². The summed E-state index contributed by atoms with van der Waals surface area (Å²) < 4.78 is 40.4. The monoisotopic (exact) mass is 434 g/mol. The highest BCUT2D eigenvalue weighted by atomic mass is 32.2. The Morgan fingerprint density at radius 2 is 1.77 bits per heavy atom. The first-order valence-corrected chi connectivity index (χ1v) is 11.1. The van der Waals surface area contributed by atoms with Gasteiger partial charge in [0, 0.05) is 0 Å². The molecule has 0 bridgehead atoms. The SMILES string of the molecule is CCCOC(=O)[C@@H](CCCc1ccccc1)OS(=O)(=O)c1cccc(C(=O)OC)c1. The first-order valence-electron chi connectivity index (χ1n) is 9.69. The van der Waals surface area contributed by atoms with Gasteiger partial charge in [-0.25, -0.2) is 9.59 Å². The number of esters is 2. The van der Waals surface area contributed by atoms with Crippen LogP contribution < -0.4 is 0 Å². The zero-order chi connectivity index (χ0) is 22.0. The van der Waals surface area contributed by atoms with Gasteiger partial charge in [-0.05, 0) is 49.4 Å². The van der Waals surface area contributed by atoms with Crippen molar-refractivity contribution in [3.8, 4) is 0 Å². The van der Waals surface area contributed by atoms with E-state index in [1.807, 2.05) is 37.3 Å². The Morgan fingerprint density at radius 3 is 2.43 bits per heavy atom. The van der Waals surface area contributed by atoms with Crippen molar-refractivity contribution in [1.29, 1.82) is 0 Å². The smallest absolute Gasteiger partial charge is 0.337 e.